The van der Waals surface area contributed by atoms with Crippen LogP contribution in [0, 0.1) is 6.92 Å². The monoisotopic (exact) mass is 334 g/mol. The van der Waals surface area contributed by atoms with Crippen LogP contribution in [0.15, 0.2) is 41.0 Å². The van der Waals surface area contributed by atoms with E-state index in [1.165, 1.54) is 18.3 Å². The summed E-state index contributed by atoms with van der Waals surface area (Å²) >= 11 is 3.25. The zero-order valence-corrected chi connectivity index (χ0v) is 12.1. The maximum atomic E-state index is 12.1. The van der Waals surface area contributed by atoms with E-state index in [1.807, 2.05) is 0 Å². The van der Waals surface area contributed by atoms with E-state index in [0.717, 1.165) is 5.56 Å². The number of benzene rings is 1. The van der Waals surface area contributed by atoms with Crippen LogP contribution in [0.2, 0.25) is 0 Å². The van der Waals surface area contributed by atoms with Crippen LogP contribution in [0.1, 0.15) is 26.4 Å². The van der Waals surface area contributed by atoms with Crippen molar-refractivity contribution in [1.82, 2.24) is 4.98 Å². The zero-order chi connectivity index (χ0) is 14.7. The van der Waals surface area contributed by atoms with Crippen molar-refractivity contribution < 1.29 is 14.7 Å². The molecule has 1 amide bonds. The smallest absolute Gasteiger partial charge is 0.335 e. The van der Waals surface area contributed by atoms with Crippen LogP contribution in [-0.2, 0) is 0 Å². The Morgan fingerprint density at radius 3 is 2.70 bits per heavy atom. The van der Waals surface area contributed by atoms with Crippen LogP contribution >= 0.6 is 15.9 Å². The fourth-order valence-electron chi connectivity index (χ4n) is 1.62. The van der Waals surface area contributed by atoms with Gasteiger partial charge in [0.15, 0.2) is 0 Å². The Morgan fingerprint density at radius 2 is 2.05 bits per heavy atom. The number of hydrogen-bond donors (Lipinski definition) is 2. The summed E-state index contributed by atoms with van der Waals surface area (Å²) in [6.45, 7) is 1.79. The second kappa shape index (κ2) is 5.83. The molecule has 1 aromatic heterocycles. The van der Waals surface area contributed by atoms with Crippen LogP contribution in [0.5, 0.6) is 0 Å². The number of aromatic carboxylic acids is 1. The molecule has 1 aromatic carbocycles. The van der Waals surface area contributed by atoms with Crippen LogP contribution < -0.4 is 5.32 Å². The average Bonchev–Trinajstić information content (AvgIpc) is 2.41. The summed E-state index contributed by atoms with van der Waals surface area (Å²) in [6.07, 6.45) is 1.51. The van der Waals surface area contributed by atoms with E-state index in [0.29, 0.717) is 10.2 Å². The largest absolute Gasteiger partial charge is 0.478 e. The lowest BCUT2D eigenvalue weighted by molar-refractivity contribution is 0.0696. The second-order valence-electron chi connectivity index (χ2n) is 4.12. The molecule has 2 aromatic rings. The Bertz CT molecular complexity index is 686. The number of aryl methyl sites for hydroxylation is 1. The summed E-state index contributed by atoms with van der Waals surface area (Å²) < 4.78 is 0.574. The van der Waals surface area contributed by atoms with Gasteiger partial charge in [-0.3, -0.25) is 4.79 Å². The van der Waals surface area contributed by atoms with Gasteiger partial charge in [0.05, 0.1) is 5.56 Å². The highest BCUT2D eigenvalue weighted by atomic mass is 79.9. The predicted octanol–water partition coefficient (Wildman–Crippen LogP) is 3.10. The summed E-state index contributed by atoms with van der Waals surface area (Å²) in [5.41, 5.74) is 1.58. The Hall–Kier alpha value is -2.21. The lowest BCUT2D eigenvalue weighted by Crippen LogP contribution is -2.15. The van der Waals surface area contributed by atoms with Crippen LogP contribution in [0.25, 0.3) is 0 Å². The van der Waals surface area contributed by atoms with Crippen LogP contribution in [-0.4, -0.2) is 22.0 Å². The molecule has 1 heterocycles. The van der Waals surface area contributed by atoms with Gasteiger partial charge in [0.1, 0.15) is 5.69 Å². The van der Waals surface area contributed by atoms with Gasteiger partial charge in [0.2, 0.25) is 0 Å². The number of halogens is 1. The number of amides is 1. The highest BCUT2D eigenvalue weighted by molar-refractivity contribution is 9.10. The summed E-state index contributed by atoms with van der Waals surface area (Å²) in [4.78, 5) is 27.0. The minimum absolute atomic E-state index is 0.117. The SMILES string of the molecule is Cc1ccc(C(=O)O)cc1NC(=O)c1ncccc1Br. The van der Waals surface area contributed by atoms with E-state index < -0.39 is 11.9 Å². The summed E-state index contributed by atoms with van der Waals surface area (Å²) in [7, 11) is 0. The van der Waals surface area contributed by atoms with Gasteiger partial charge >= 0.3 is 5.97 Å². The maximum absolute atomic E-state index is 12.1. The van der Waals surface area contributed by atoms with Gasteiger partial charge in [-0.05, 0) is 52.7 Å². The first-order chi connectivity index (χ1) is 9.49. The van der Waals surface area contributed by atoms with E-state index >= 15 is 0 Å². The molecule has 5 nitrogen and oxygen atoms in total. The average molecular weight is 335 g/mol. The molecule has 2 N–H and O–H groups in total. The van der Waals surface area contributed by atoms with E-state index in [2.05, 4.69) is 26.2 Å². The third kappa shape index (κ3) is 3.03. The van der Waals surface area contributed by atoms with Crippen LogP contribution in [0.4, 0.5) is 5.69 Å². The molecule has 0 atom stereocenters. The highest BCUT2D eigenvalue weighted by Gasteiger charge is 2.13. The van der Waals surface area contributed by atoms with Gasteiger partial charge in [0, 0.05) is 16.4 Å². The van der Waals surface area contributed by atoms with Crippen molar-refractivity contribution in [3.8, 4) is 0 Å². The van der Waals surface area contributed by atoms with Gasteiger partial charge in [0.25, 0.3) is 5.91 Å². The van der Waals surface area contributed by atoms with E-state index in [4.69, 9.17) is 5.11 Å². The molecule has 0 unspecified atom stereocenters. The van der Waals surface area contributed by atoms with Gasteiger partial charge in [-0.1, -0.05) is 6.07 Å². The topological polar surface area (TPSA) is 79.3 Å². The third-order valence-electron chi connectivity index (χ3n) is 2.71. The molecule has 0 bridgehead atoms. The maximum Gasteiger partial charge on any atom is 0.335 e. The first-order valence-corrected chi connectivity index (χ1v) is 6.54. The van der Waals surface area contributed by atoms with Crippen molar-refractivity contribution in [2.75, 3.05) is 5.32 Å². The Labute approximate surface area is 123 Å². The molecule has 0 saturated heterocycles. The van der Waals surface area contributed by atoms with Gasteiger partial charge in [-0.25, -0.2) is 9.78 Å². The number of nitrogens with one attached hydrogen (secondary N) is 1. The molecule has 0 saturated carbocycles. The third-order valence-corrected chi connectivity index (χ3v) is 3.35. The number of carbonyl (C=O) groups is 2. The number of anilines is 1. The lowest BCUT2D eigenvalue weighted by atomic mass is 10.1. The first-order valence-electron chi connectivity index (χ1n) is 5.75. The van der Waals surface area contributed by atoms with E-state index in [1.54, 1.807) is 25.1 Å². The van der Waals surface area contributed by atoms with Crippen molar-refractivity contribution in [1.29, 1.82) is 0 Å². The van der Waals surface area contributed by atoms with E-state index in [9.17, 15) is 9.59 Å². The highest BCUT2D eigenvalue weighted by Crippen LogP contribution is 2.20. The van der Waals surface area contributed by atoms with Crippen molar-refractivity contribution in [2.24, 2.45) is 0 Å². The molecule has 6 heteroatoms. The van der Waals surface area contributed by atoms with Gasteiger partial charge in [-0.15, -0.1) is 0 Å². The number of carboxylic acid groups (broad SMARTS) is 1. The second-order valence-corrected chi connectivity index (χ2v) is 4.98. The molecule has 0 aliphatic carbocycles. The lowest BCUT2D eigenvalue weighted by Gasteiger charge is -2.09. The molecular weight excluding hydrogens is 324 g/mol. The molecule has 0 radical (unpaired) electrons. The minimum atomic E-state index is -1.04. The number of carbonyl (C=O) groups excluding carboxylic acids is 1. The summed E-state index contributed by atoms with van der Waals surface area (Å²) in [5.74, 6) is -1.44. The number of hydrogen-bond acceptors (Lipinski definition) is 3. The first kappa shape index (κ1) is 14.2. The fraction of sp³-hybridized carbons (Fsp3) is 0.0714. The number of rotatable bonds is 3. The summed E-state index contributed by atoms with van der Waals surface area (Å²) in [5, 5.41) is 11.6. The molecule has 0 aliphatic rings. The number of pyridine rings is 1. The van der Waals surface area contributed by atoms with Crippen molar-refractivity contribution in [3.05, 3.63) is 57.8 Å². The van der Waals surface area contributed by atoms with Crippen molar-refractivity contribution in [2.45, 2.75) is 6.92 Å². The number of nitrogens with zero attached hydrogens (tertiary/aromatic N) is 1. The molecule has 0 spiro atoms. The number of aromatic nitrogens is 1. The Balaban J connectivity index is 2.30. The Kier molecular flexibility index (Phi) is 4.14. The van der Waals surface area contributed by atoms with Gasteiger partial charge in [-0.2, -0.15) is 0 Å². The fourth-order valence-corrected chi connectivity index (χ4v) is 2.06. The molecule has 0 aliphatic heterocycles. The quantitative estimate of drug-likeness (QED) is 0.903. The normalized spacial score (nSPS) is 10.1. The van der Waals surface area contributed by atoms with Crippen molar-refractivity contribution >= 4 is 33.5 Å². The zero-order valence-electron chi connectivity index (χ0n) is 10.6. The van der Waals surface area contributed by atoms with Crippen molar-refractivity contribution in [3.63, 3.8) is 0 Å². The molecular formula is C14H11BrN2O3. The van der Waals surface area contributed by atoms with Gasteiger partial charge < -0.3 is 10.4 Å². The van der Waals surface area contributed by atoms with E-state index in [-0.39, 0.29) is 11.3 Å². The molecule has 20 heavy (non-hydrogen) atoms. The Morgan fingerprint density at radius 1 is 1.30 bits per heavy atom. The number of carboxylic acids is 1. The minimum Gasteiger partial charge on any atom is -0.478 e. The molecule has 102 valence electrons. The molecule has 2 rings (SSSR count). The van der Waals surface area contributed by atoms with Crippen LogP contribution in [0.3, 0.4) is 0 Å². The summed E-state index contributed by atoms with van der Waals surface area (Å²) in [6, 6.07) is 7.97. The standard InChI is InChI=1S/C14H11BrN2O3/c1-8-4-5-9(14(19)20)7-11(8)17-13(18)12-10(15)3-2-6-16-12/h2-7H,1H3,(H,17,18)(H,19,20). The predicted molar refractivity (Wildman–Crippen MR) is 78.0 cm³/mol. The molecule has 0 fully saturated rings.